The highest BCUT2D eigenvalue weighted by Crippen LogP contribution is 2.19. The van der Waals surface area contributed by atoms with E-state index in [0.717, 1.165) is 10.9 Å². The lowest BCUT2D eigenvalue weighted by molar-refractivity contribution is 0.0975. The molecule has 1 aromatic rings. The summed E-state index contributed by atoms with van der Waals surface area (Å²) in [5, 5.41) is 0. The van der Waals surface area contributed by atoms with E-state index in [9.17, 15) is 4.79 Å². The monoisotopic (exact) mass is 269 g/mol. The summed E-state index contributed by atoms with van der Waals surface area (Å²) in [7, 11) is 0. The molecule has 15 heavy (non-hydrogen) atoms. The van der Waals surface area contributed by atoms with E-state index < -0.39 is 0 Å². The number of hydrogen-bond donors (Lipinski definition) is 1. The zero-order chi connectivity index (χ0) is 11.4. The Balaban J connectivity index is 2.73. The van der Waals surface area contributed by atoms with Crippen LogP contribution in [0.25, 0.3) is 0 Å². The molecular formula is C12H16BrNO. The number of Topliss-reactive ketones (excluding diaryl/α,β-unsaturated/α-hetero) is 1. The van der Waals surface area contributed by atoms with Crippen molar-refractivity contribution >= 4 is 27.4 Å². The van der Waals surface area contributed by atoms with Gasteiger partial charge in [-0.05, 0) is 30.5 Å². The van der Waals surface area contributed by atoms with E-state index in [-0.39, 0.29) is 5.78 Å². The zero-order valence-electron chi connectivity index (χ0n) is 9.09. The number of nitrogens with two attached hydrogens (primary N) is 1. The van der Waals surface area contributed by atoms with Crippen molar-refractivity contribution in [1.82, 2.24) is 0 Å². The van der Waals surface area contributed by atoms with Crippen molar-refractivity contribution in [2.75, 3.05) is 5.73 Å². The Kier molecular flexibility index (Phi) is 4.33. The average Bonchev–Trinajstić information content (AvgIpc) is 2.12. The molecule has 2 nitrogen and oxygen atoms in total. The minimum Gasteiger partial charge on any atom is -0.399 e. The Morgan fingerprint density at radius 2 is 2.07 bits per heavy atom. The molecule has 3 heteroatoms. The highest BCUT2D eigenvalue weighted by molar-refractivity contribution is 9.10. The highest BCUT2D eigenvalue weighted by Gasteiger charge is 2.08. The van der Waals surface area contributed by atoms with Crippen LogP contribution in [0.4, 0.5) is 5.69 Å². The van der Waals surface area contributed by atoms with Crippen LogP contribution in [0.3, 0.4) is 0 Å². The number of carbonyl (C=O) groups is 1. The van der Waals surface area contributed by atoms with E-state index in [1.807, 2.05) is 6.07 Å². The molecule has 0 atom stereocenters. The first-order chi connectivity index (χ1) is 6.99. The molecule has 0 saturated heterocycles. The van der Waals surface area contributed by atoms with Crippen LogP contribution in [0, 0.1) is 5.92 Å². The molecule has 0 heterocycles. The van der Waals surface area contributed by atoms with Gasteiger partial charge in [0.25, 0.3) is 0 Å². The number of ketones is 1. The molecule has 0 aliphatic carbocycles. The van der Waals surface area contributed by atoms with Gasteiger partial charge in [0.15, 0.2) is 5.78 Å². The van der Waals surface area contributed by atoms with Crippen molar-refractivity contribution in [3.05, 3.63) is 28.2 Å². The van der Waals surface area contributed by atoms with Crippen molar-refractivity contribution in [2.45, 2.75) is 26.7 Å². The van der Waals surface area contributed by atoms with Crippen LogP contribution in [-0.4, -0.2) is 5.78 Å². The molecule has 0 saturated carbocycles. The molecule has 0 fully saturated rings. The van der Waals surface area contributed by atoms with E-state index in [1.54, 1.807) is 12.1 Å². The van der Waals surface area contributed by atoms with Gasteiger partial charge in [-0.1, -0.05) is 29.8 Å². The third-order valence-electron chi connectivity index (χ3n) is 2.19. The Bertz CT molecular complexity index is 340. The van der Waals surface area contributed by atoms with Crippen molar-refractivity contribution in [3.63, 3.8) is 0 Å². The van der Waals surface area contributed by atoms with Gasteiger partial charge in [-0.25, -0.2) is 0 Å². The molecule has 82 valence electrons. The topological polar surface area (TPSA) is 43.1 Å². The first-order valence-electron chi connectivity index (χ1n) is 5.08. The Labute approximate surface area is 99.0 Å². The van der Waals surface area contributed by atoms with Crippen LogP contribution in [0.5, 0.6) is 0 Å². The third-order valence-corrected chi connectivity index (χ3v) is 2.65. The van der Waals surface area contributed by atoms with Crippen molar-refractivity contribution in [1.29, 1.82) is 0 Å². The summed E-state index contributed by atoms with van der Waals surface area (Å²) >= 11 is 3.33. The number of benzene rings is 1. The van der Waals surface area contributed by atoms with Crippen LogP contribution in [0.2, 0.25) is 0 Å². The van der Waals surface area contributed by atoms with Gasteiger partial charge in [-0.2, -0.15) is 0 Å². The largest absolute Gasteiger partial charge is 0.399 e. The van der Waals surface area contributed by atoms with Crippen LogP contribution in [-0.2, 0) is 0 Å². The number of carbonyl (C=O) groups excluding carboxylic acids is 1. The molecule has 0 unspecified atom stereocenters. The number of rotatable bonds is 4. The Morgan fingerprint density at radius 3 is 2.60 bits per heavy atom. The molecule has 0 aromatic heterocycles. The lowest BCUT2D eigenvalue weighted by Gasteiger charge is -2.05. The Morgan fingerprint density at radius 1 is 1.40 bits per heavy atom. The second kappa shape index (κ2) is 5.31. The van der Waals surface area contributed by atoms with Crippen LogP contribution in [0.1, 0.15) is 37.0 Å². The molecule has 2 N–H and O–H groups in total. The number of anilines is 1. The lowest BCUT2D eigenvalue weighted by Crippen LogP contribution is -2.02. The fourth-order valence-corrected chi connectivity index (χ4v) is 1.85. The minimum atomic E-state index is 0.164. The van der Waals surface area contributed by atoms with Gasteiger partial charge in [0.1, 0.15) is 0 Å². The molecule has 0 radical (unpaired) electrons. The molecule has 0 bridgehead atoms. The first kappa shape index (κ1) is 12.2. The highest BCUT2D eigenvalue weighted by atomic mass is 79.9. The quantitative estimate of drug-likeness (QED) is 0.670. The summed E-state index contributed by atoms with van der Waals surface area (Å²) in [6, 6.07) is 5.34. The van der Waals surface area contributed by atoms with Crippen molar-refractivity contribution in [2.24, 2.45) is 5.92 Å². The van der Waals surface area contributed by atoms with Gasteiger partial charge in [0.2, 0.25) is 0 Å². The fraction of sp³-hybridized carbons (Fsp3) is 0.417. The maximum absolute atomic E-state index is 11.8. The maximum Gasteiger partial charge on any atom is 0.162 e. The summed E-state index contributed by atoms with van der Waals surface area (Å²) in [5.74, 6) is 0.718. The molecule has 1 aromatic carbocycles. The van der Waals surface area contributed by atoms with Gasteiger partial charge in [0.05, 0.1) is 0 Å². The van der Waals surface area contributed by atoms with Gasteiger partial charge in [-0.3, -0.25) is 4.79 Å². The fourth-order valence-electron chi connectivity index (χ4n) is 1.34. The SMILES string of the molecule is CC(C)CCC(=O)c1cc(N)cc(Br)c1. The van der Waals surface area contributed by atoms with Crippen LogP contribution >= 0.6 is 15.9 Å². The number of hydrogen-bond acceptors (Lipinski definition) is 2. The maximum atomic E-state index is 11.8. The lowest BCUT2D eigenvalue weighted by atomic mass is 10.0. The Hall–Kier alpha value is -0.830. The second-order valence-corrected chi connectivity index (χ2v) is 5.04. The molecular weight excluding hydrogens is 254 g/mol. The van der Waals surface area contributed by atoms with Gasteiger partial charge < -0.3 is 5.73 Å². The summed E-state index contributed by atoms with van der Waals surface area (Å²) < 4.78 is 0.857. The molecule has 0 aliphatic heterocycles. The number of nitrogen functional groups attached to an aromatic ring is 1. The minimum absolute atomic E-state index is 0.164. The third kappa shape index (κ3) is 4.04. The second-order valence-electron chi connectivity index (χ2n) is 4.13. The van der Waals surface area contributed by atoms with E-state index in [0.29, 0.717) is 23.6 Å². The van der Waals surface area contributed by atoms with E-state index >= 15 is 0 Å². The molecule has 0 spiro atoms. The standard InChI is InChI=1S/C12H16BrNO/c1-8(2)3-4-12(15)9-5-10(13)7-11(14)6-9/h5-8H,3-4,14H2,1-2H3. The molecule has 1 rings (SSSR count). The van der Waals surface area contributed by atoms with E-state index in [2.05, 4.69) is 29.8 Å². The van der Waals surface area contributed by atoms with Crippen LogP contribution < -0.4 is 5.73 Å². The zero-order valence-corrected chi connectivity index (χ0v) is 10.7. The summed E-state index contributed by atoms with van der Waals surface area (Å²) in [5.41, 5.74) is 6.99. The van der Waals surface area contributed by atoms with Crippen molar-refractivity contribution in [3.8, 4) is 0 Å². The van der Waals surface area contributed by atoms with E-state index in [4.69, 9.17) is 5.73 Å². The predicted octanol–water partition coefficient (Wildman–Crippen LogP) is 3.65. The summed E-state index contributed by atoms with van der Waals surface area (Å²) in [6.07, 6.45) is 1.51. The van der Waals surface area contributed by atoms with Gasteiger partial charge in [-0.15, -0.1) is 0 Å². The predicted molar refractivity (Wildman–Crippen MR) is 67.0 cm³/mol. The van der Waals surface area contributed by atoms with E-state index in [1.165, 1.54) is 0 Å². The summed E-state index contributed by atoms with van der Waals surface area (Å²) in [6.45, 7) is 4.23. The summed E-state index contributed by atoms with van der Waals surface area (Å²) in [4.78, 5) is 11.8. The average molecular weight is 270 g/mol. The van der Waals surface area contributed by atoms with Crippen molar-refractivity contribution < 1.29 is 4.79 Å². The van der Waals surface area contributed by atoms with Gasteiger partial charge in [0, 0.05) is 22.1 Å². The van der Waals surface area contributed by atoms with Gasteiger partial charge >= 0.3 is 0 Å². The number of halogens is 1. The van der Waals surface area contributed by atoms with Crippen LogP contribution in [0.15, 0.2) is 22.7 Å². The smallest absolute Gasteiger partial charge is 0.162 e. The molecule has 0 aliphatic rings. The normalized spacial score (nSPS) is 10.7. The first-order valence-corrected chi connectivity index (χ1v) is 5.87. The molecule has 0 amide bonds.